The number of nitrogens with zero attached hydrogens (tertiary/aromatic N) is 2. The normalized spacial score (nSPS) is 49.6. The third-order valence-corrected chi connectivity index (χ3v) is 2.67. The summed E-state index contributed by atoms with van der Waals surface area (Å²) in [6.45, 7) is 3.66. The predicted molar refractivity (Wildman–Crippen MR) is 40.0 cm³/mol. The molecule has 4 atom stereocenters. The number of rotatable bonds is 1. The second kappa shape index (κ2) is 2.71. The summed E-state index contributed by atoms with van der Waals surface area (Å²) < 4.78 is 0. The van der Waals surface area contributed by atoms with E-state index in [-0.39, 0.29) is 18.9 Å². The highest BCUT2D eigenvalue weighted by atomic mass is 16.3. The Morgan fingerprint density at radius 2 is 1.91 bits per heavy atom. The summed E-state index contributed by atoms with van der Waals surface area (Å²) in [6, 6.07) is 0.257. The largest absolute Gasteiger partial charge is 0.395 e. The molecule has 0 saturated carbocycles. The van der Waals surface area contributed by atoms with Gasteiger partial charge in [0.05, 0.1) is 6.61 Å². The number of hydrogen-bond acceptors (Lipinski definition) is 4. The van der Waals surface area contributed by atoms with Crippen LogP contribution in [0.2, 0.25) is 0 Å². The summed E-state index contributed by atoms with van der Waals surface area (Å²) >= 11 is 0. The van der Waals surface area contributed by atoms with Crippen molar-refractivity contribution in [3.05, 3.63) is 0 Å². The van der Waals surface area contributed by atoms with Crippen LogP contribution < -0.4 is 0 Å². The van der Waals surface area contributed by atoms with Gasteiger partial charge in [-0.25, -0.2) is 0 Å². The molecular weight excluding hydrogens is 144 g/mol. The van der Waals surface area contributed by atoms with Crippen molar-refractivity contribution in [2.45, 2.75) is 12.3 Å². The van der Waals surface area contributed by atoms with Gasteiger partial charge in [0.1, 0.15) is 6.23 Å². The van der Waals surface area contributed by atoms with Crippen LogP contribution in [0.15, 0.2) is 0 Å². The Morgan fingerprint density at radius 1 is 1.18 bits per heavy atom. The Balaban J connectivity index is 2.04. The lowest BCUT2D eigenvalue weighted by Crippen LogP contribution is -2.66. The molecule has 0 aromatic carbocycles. The molecular formula is C7H14N2O2. The highest BCUT2D eigenvalue weighted by molar-refractivity contribution is 4.89. The Kier molecular flexibility index (Phi) is 1.85. The van der Waals surface area contributed by atoms with Crippen LogP contribution in [0, 0.1) is 0 Å². The smallest absolute Gasteiger partial charge is 0.120 e. The highest BCUT2D eigenvalue weighted by Gasteiger charge is 2.36. The van der Waals surface area contributed by atoms with Gasteiger partial charge < -0.3 is 10.2 Å². The van der Waals surface area contributed by atoms with Gasteiger partial charge in [0.15, 0.2) is 0 Å². The molecule has 0 amide bonds. The lowest BCUT2D eigenvalue weighted by molar-refractivity contribution is -0.127. The molecule has 4 unspecified atom stereocenters. The zero-order valence-electron chi connectivity index (χ0n) is 6.48. The van der Waals surface area contributed by atoms with E-state index in [1.807, 2.05) is 4.90 Å². The van der Waals surface area contributed by atoms with Gasteiger partial charge in [-0.15, -0.1) is 0 Å². The lowest BCUT2D eigenvalue weighted by atomic mass is 10.1. The number of hydrogen-bond donors (Lipinski definition) is 2. The number of piperazine rings is 3. The Morgan fingerprint density at radius 3 is 2.36 bits per heavy atom. The van der Waals surface area contributed by atoms with Gasteiger partial charge in [0.2, 0.25) is 0 Å². The van der Waals surface area contributed by atoms with Crippen LogP contribution in [0.1, 0.15) is 0 Å². The van der Waals surface area contributed by atoms with E-state index >= 15 is 0 Å². The van der Waals surface area contributed by atoms with E-state index in [1.165, 1.54) is 0 Å². The van der Waals surface area contributed by atoms with Gasteiger partial charge in [-0.1, -0.05) is 0 Å². The van der Waals surface area contributed by atoms with Gasteiger partial charge in [-0.3, -0.25) is 9.80 Å². The molecule has 64 valence electrons. The third-order valence-electron chi connectivity index (χ3n) is 2.67. The van der Waals surface area contributed by atoms with Crippen LogP contribution in [0.25, 0.3) is 0 Å². The predicted octanol–water partition coefficient (Wildman–Crippen LogP) is -1.70. The van der Waals surface area contributed by atoms with Gasteiger partial charge in [0.25, 0.3) is 0 Å². The summed E-state index contributed by atoms with van der Waals surface area (Å²) in [6.07, 6.45) is -0.299. The van der Waals surface area contributed by atoms with E-state index in [9.17, 15) is 5.11 Å². The maximum Gasteiger partial charge on any atom is 0.120 e. The summed E-state index contributed by atoms with van der Waals surface area (Å²) in [5.41, 5.74) is 0. The number of aliphatic hydroxyl groups is 2. The molecule has 3 fully saturated rings. The van der Waals surface area contributed by atoms with Crippen molar-refractivity contribution < 1.29 is 10.2 Å². The van der Waals surface area contributed by atoms with Crippen molar-refractivity contribution in [1.29, 1.82) is 0 Å². The molecule has 0 aromatic heterocycles. The standard InChI is InChI=1S/C7H14N2O2/c10-5-6-3-9-2-1-8(6)4-7(9)11/h6-7,10-11H,1-5H2. The van der Waals surface area contributed by atoms with Crippen LogP contribution in [0.5, 0.6) is 0 Å². The first-order chi connectivity index (χ1) is 5.31. The van der Waals surface area contributed by atoms with Crippen LogP contribution in [-0.4, -0.2) is 65.1 Å². The molecule has 4 heteroatoms. The molecule has 0 aliphatic carbocycles. The van der Waals surface area contributed by atoms with Gasteiger partial charge in [0, 0.05) is 32.2 Å². The molecule has 3 saturated heterocycles. The van der Waals surface area contributed by atoms with Crippen LogP contribution in [0.3, 0.4) is 0 Å². The average Bonchev–Trinajstić information content (AvgIpc) is 2.05. The second-order valence-corrected chi connectivity index (χ2v) is 3.31. The topological polar surface area (TPSA) is 46.9 Å². The minimum atomic E-state index is -0.299. The van der Waals surface area contributed by atoms with Crippen LogP contribution >= 0.6 is 0 Å². The number of fused-ring (bicyclic) bond motifs is 3. The molecule has 3 aliphatic heterocycles. The summed E-state index contributed by atoms with van der Waals surface area (Å²) in [5.74, 6) is 0. The van der Waals surface area contributed by atoms with E-state index in [1.54, 1.807) is 0 Å². The second-order valence-electron chi connectivity index (χ2n) is 3.31. The molecule has 0 aromatic rings. The van der Waals surface area contributed by atoms with Crippen LogP contribution in [0.4, 0.5) is 0 Å². The summed E-state index contributed by atoms with van der Waals surface area (Å²) in [5, 5.41) is 18.4. The molecule has 3 rings (SSSR count). The molecule has 3 aliphatic rings. The van der Waals surface area contributed by atoms with Crippen molar-refractivity contribution in [3.8, 4) is 0 Å². The fraction of sp³-hybridized carbons (Fsp3) is 1.00. The average molecular weight is 158 g/mol. The van der Waals surface area contributed by atoms with E-state index in [0.29, 0.717) is 6.54 Å². The van der Waals surface area contributed by atoms with Crippen molar-refractivity contribution in [3.63, 3.8) is 0 Å². The number of aliphatic hydroxyl groups excluding tert-OH is 2. The van der Waals surface area contributed by atoms with E-state index in [2.05, 4.69) is 4.90 Å². The van der Waals surface area contributed by atoms with Crippen LogP contribution in [-0.2, 0) is 0 Å². The first kappa shape index (κ1) is 7.49. The zero-order valence-corrected chi connectivity index (χ0v) is 6.48. The van der Waals surface area contributed by atoms with Gasteiger partial charge >= 0.3 is 0 Å². The fourth-order valence-corrected chi connectivity index (χ4v) is 1.93. The molecule has 11 heavy (non-hydrogen) atoms. The third kappa shape index (κ3) is 1.16. The van der Waals surface area contributed by atoms with Crippen molar-refractivity contribution >= 4 is 0 Å². The maximum absolute atomic E-state index is 9.42. The highest BCUT2D eigenvalue weighted by Crippen LogP contribution is 2.18. The van der Waals surface area contributed by atoms with Crippen molar-refractivity contribution in [2.24, 2.45) is 0 Å². The quantitative estimate of drug-likeness (QED) is 0.477. The Labute approximate surface area is 66.0 Å². The lowest BCUT2D eigenvalue weighted by Gasteiger charge is -2.49. The molecule has 0 radical (unpaired) electrons. The molecule has 0 spiro atoms. The van der Waals surface area contributed by atoms with E-state index < -0.39 is 0 Å². The Bertz CT molecular complexity index is 153. The van der Waals surface area contributed by atoms with Gasteiger partial charge in [-0.05, 0) is 0 Å². The van der Waals surface area contributed by atoms with Gasteiger partial charge in [-0.2, -0.15) is 0 Å². The van der Waals surface area contributed by atoms with E-state index in [0.717, 1.165) is 19.6 Å². The first-order valence-corrected chi connectivity index (χ1v) is 4.08. The monoisotopic (exact) mass is 158 g/mol. The fourth-order valence-electron chi connectivity index (χ4n) is 1.93. The molecule has 3 heterocycles. The minimum Gasteiger partial charge on any atom is -0.395 e. The van der Waals surface area contributed by atoms with Crippen molar-refractivity contribution in [1.82, 2.24) is 9.80 Å². The summed E-state index contributed by atoms with van der Waals surface area (Å²) in [4.78, 5) is 4.19. The van der Waals surface area contributed by atoms with Crippen molar-refractivity contribution in [2.75, 3.05) is 32.8 Å². The van der Waals surface area contributed by atoms with E-state index in [4.69, 9.17) is 5.11 Å². The minimum absolute atomic E-state index is 0.212. The SMILES string of the molecule is OCC1CN2CCN1CC2O. The molecule has 4 nitrogen and oxygen atoms in total. The zero-order chi connectivity index (χ0) is 7.84. The molecule has 2 N–H and O–H groups in total. The Hall–Kier alpha value is -0.160. The first-order valence-electron chi connectivity index (χ1n) is 4.08. The molecule has 2 bridgehead atoms. The summed E-state index contributed by atoms with van der Waals surface area (Å²) in [7, 11) is 0. The maximum atomic E-state index is 9.42.